The van der Waals surface area contributed by atoms with Crippen LogP contribution in [0.5, 0.6) is 0 Å². The number of primary amides is 1. The topological polar surface area (TPSA) is 130 Å². The average Bonchev–Trinajstić information content (AvgIpc) is 3.26. The maximum Gasteiger partial charge on any atom is 0.277 e. The number of H-pyrrole nitrogens is 2. The minimum Gasteiger partial charge on any atom is -0.364 e. The summed E-state index contributed by atoms with van der Waals surface area (Å²) in [5.41, 5.74) is 8.09. The molecule has 0 fully saturated rings. The highest BCUT2D eigenvalue weighted by atomic mass is 32.1. The first-order chi connectivity index (χ1) is 11.4. The van der Waals surface area contributed by atoms with Crippen LogP contribution in [-0.2, 0) is 0 Å². The molecule has 2 amide bonds. The van der Waals surface area contributed by atoms with Gasteiger partial charge in [0.25, 0.3) is 11.8 Å². The first-order valence-electron chi connectivity index (χ1n) is 7.25. The number of rotatable bonds is 5. The van der Waals surface area contributed by atoms with Gasteiger partial charge in [0.05, 0.1) is 5.69 Å². The molecule has 3 heterocycles. The number of nitrogens with one attached hydrogen (secondary N) is 3. The first kappa shape index (κ1) is 15.9. The highest BCUT2D eigenvalue weighted by molar-refractivity contribution is 7.14. The third-order valence-corrected chi connectivity index (χ3v) is 4.18. The number of aromatic amines is 2. The smallest absolute Gasteiger partial charge is 0.277 e. The van der Waals surface area contributed by atoms with E-state index in [0.717, 1.165) is 11.3 Å². The van der Waals surface area contributed by atoms with Crippen LogP contribution in [-0.4, -0.2) is 32.0 Å². The summed E-state index contributed by atoms with van der Waals surface area (Å²) in [5, 5.41) is 11.8. The molecule has 0 saturated heterocycles. The van der Waals surface area contributed by atoms with Gasteiger partial charge in [-0.05, 0) is 18.1 Å². The largest absolute Gasteiger partial charge is 0.364 e. The lowest BCUT2D eigenvalue weighted by Crippen LogP contribution is -2.12. The molecule has 0 aliphatic carbocycles. The van der Waals surface area contributed by atoms with Crippen molar-refractivity contribution >= 4 is 28.3 Å². The van der Waals surface area contributed by atoms with Crippen LogP contribution in [0.2, 0.25) is 0 Å². The Balaban J connectivity index is 1.73. The van der Waals surface area contributed by atoms with E-state index in [0.29, 0.717) is 22.2 Å². The van der Waals surface area contributed by atoms with Crippen LogP contribution in [0.4, 0.5) is 5.13 Å². The summed E-state index contributed by atoms with van der Waals surface area (Å²) >= 11 is 1.29. The molecule has 3 aromatic heterocycles. The second kappa shape index (κ2) is 6.28. The molecule has 0 bridgehead atoms. The number of anilines is 1. The highest BCUT2D eigenvalue weighted by Crippen LogP contribution is 2.25. The second-order valence-corrected chi connectivity index (χ2v) is 6.38. The van der Waals surface area contributed by atoms with E-state index in [1.807, 2.05) is 13.8 Å². The molecule has 0 aromatic carbocycles. The van der Waals surface area contributed by atoms with Crippen LogP contribution < -0.4 is 11.1 Å². The summed E-state index contributed by atoms with van der Waals surface area (Å²) in [6, 6.07) is 3.34. The number of amides is 2. The van der Waals surface area contributed by atoms with Crippen molar-refractivity contribution in [2.45, 2.75) is 19.8 Å². The maximum absolute atomic E-state index is 12.2. The lowest BCUT2D eigenvalue weighted by atomic mass is 10.1. The van der Waals surface area contributed by atoms with Crippen LogP contribution in [0, 0.1) is 0 Å². The molecule has 0 unspecified atom stereocenters. The van der Waals surface area contributed by atoms with E-state index in [1.54, 1.807) is 23.7 Å². The lowest BCUT2D eigenvalue weighted by Gasteiger charge is -1.98. The second-order valence-electron chi connectivity index (χ2n) is 5.52. The van der Waals surface area contributed by atoms with Crippen LogP contribution in [0.3, 0.4) is 0 Å². The van der Waals surface area contributed by atoms with Gasteiger partial charge >= 0.3 is 0 Å². The van der Waals surface area contributed by atoms with E-state index in [-0.39, 0.29) is 11.8 Å². The zero-order valence-corrected chi connectivity index (χ0v) is 13.9. The number of hydrogen-bond acceptors (Lipinski definition) is 5. The maximum atomic E-state index is 12.2. The summed E-state index contributed by atoms with van der Waals surface area (Å²) in [7, 11) is 0. The van der Waals surface area contributed by atoms with Crippen molar-refractivity contribution in [3.8, 4) is 11.3 Å². The van der Waals surface area contributed by atoms with E-state index in [9.17, 15) is 9.59 Å². The molecule has 9 heteroatoms. The molecule has 3 aromatic rings. The monoisotopic (exact) mass is 344 g/mol. The van der Waals surface area contributed by atoms with Gasteiger partial charge in [0.2, 0.25) is 0 Å². The average molecular weight is 344 g/mol. The van der Waals surface area contributed by atoms with Gasteiger partial charge < -0.3 is 10.7 Å². The number of thiazole rings is 1. The number of carbonyl (C=O) groups excluding carboxylic acids is 2. The van der Waals surface area contributed by atoms with E-state index >= 15 is 0 Å². The molecule has 5 N–H and O–H groups in total. The van der Waals surface area contributed by atoms with Crippen molar-refractivity contribution in [1.82, 2.24) is 20.2 Å². The molecule has 0 radical (unpaired) electrons. The summed E-state index contributed by atoms with van der Waals surface area (Å²) in [6.07, 6.45) is 1.64. The van der Waals surface area contributed by atoms with Gasteiger partial charge in [0.1, 0.15) is 5.69 Å². The van der Waals surface area contributed by atoms with E-state index in [1.165, 1.54) is 11.3 Å². The zero-order valence-electron chi connectivity index (χ0n) is 13.1. The van der Waals surface area contributed by atoms with Crippen LogP contribution in [0.1, 0.15) is 46.4 Å². The Hall–Kier alpha value is -2.94. The molecular formula is C15H16N6O2S. The Morgan fingerprint density at radius 1 is 1.33 bits per heavy atom. The molecule has 0 spiro atoms. The van der Waals surface area contributed by atoms with Gasteiger partial charge in [-0.15, -0.1) is 11.3 Å². The Kier molecular flexibility index (Phi) is 4.17. The van der Waals surface area contributed by atoms with Gasteiger partial charge in [-0.1, -0.05) is 13.8 Å². The van der Waals surface area contributed by atoms with Gasteiger partial charge in [-0.3, -0.25) is 20.0 Å². The quantitative estimate of drug-likeness (QED) is 0.566. The van der Waals surface area contributed by atoms with E-state index in [2.05, 4.69) is 25.5 Å². The van der Waals surface area contributed by atoms with E-state index in [4.69, 9.17) is 5.73 Å². The Labute approximate surface area is 141 Å². The van der Waals surface area contributed by atoms with Crippen molar-refractivity contribution in [2.24, 2.45) is 5.73 Å². The Morgan fingerprint density at radius 2 is 2.12 bits per heavy atom. The normalized spacial score (nSPS) is 11.0. The molecule has 124 valence electrons. The fourth-order valence-corrected chi connectivity index (χ4v) is 2.77. The third-order valence-electron chi connectivity index (χ3n) is 3.42. The zero-order chi connectivity index (χ0) is 17.3. The number of hydrogen-bond donors (Lipinski definition) is 4. The minimum atomic E-state index is -0.538. The molecule has 0 saturated carbocycles. The van der Waals surface area contributed by atoms with Crippen molar-refractivity contribution in [2.75, 3.05) is 5.32 Å². The molecule has 0 aliphatic heterocycles. The van der Waals surface area contributed by atoms with Crippen molar-refractivity contribution in [3.05, 3.63) is 40.8 Å². The molecule has 8 nitrogen and oxygen atoms in total. The summed E-state index contributed by atoms with van der Waals surface area (Å²) in [6.45, 7) is 4.03. The van der Waals surface area contributed by atoms with Gasteiger partial charge in [0, 0.05) is 22.8 Å². The number of aromatic nitrogens is 4. The van der Waals surface area contributed by atoms with Gasteiger partial charge in [-0.25, -0.2) is 4.98 Å². The SMILES string of the molecule is CC(C)c1cc(C(=O)Nc2nc(-c3c[nH]c(C(N)=O)c3)cs2)n[nH]1. The van der Waals surface area contributed by atoms with E-state index < -0.39 is 5.91 Å². The Bertz CT molecular complexity index is 891. The number of nitrogens with zero attached hydrogens (tertiary/aromatic N) is 2. The third kappa shape index (κ3) is 3.20. The van der Waals surface area contributed by atoms with Crippen molar-refractivity contribution in [1.29, 1.82) is 0 Å². The summed E-state index contributed by atoms with van der Waals surface area (Å²) < 4.78 is 0. The van der Waals surface area contributed by atoms with Crippen molar-refractivity contribution < 1.29 is 9.59 Å². The van der Waals surface area contributed by atoms with Crippen molar-refractivity contribution in [3.63, 3.8) is 0 Å². The number of carbonyl (C=O) groups is 2. The molecule has 3 rings (SSSR count). The number of nitrogens with two attached hydrogens (primary N) is 1. The van der Waals surface area contributed by atoms with Crippen LogP contribution in [0.15, 0.2) is 23.7 Å². The van der Waals surface area contributed by atoms with Crippen LogP contribution >= 0.6 is 11.3 Å². The molecule has 24 heavy (non-hydrogen) atoms. The predicted molar refractivity (Wildman–Crippen MR) is 91.0 cm³/mol. The fourth-order valence-electron chi connectivity index (χ4n) is 2.06. The molecule has 0 aliphatic rings. The van der Waals surface area contributed by atoms with Crippen LogP contribution in [0.25, 0.3) is 11.3 Å². The lowest BCUT2D eigenvalue weighted by molar-refractivity contribution is 0.0993. The fraction of sp³-hybridized carbons (Fsp3) is 0.200. The minimum absolute atomic E-state index is 0.263. The summed E-state index contributed by atoms with van der Waals surface area (Å²) in [4.78, 5) is 30.4. The van der Waals surface area contributed by atoms with Gasteiger partial charge in [0.15, 0.2) is 10.8 Å². The first-order valence-corrected chi connectivity index (χ1v) is 8.12. The van der Waals surface area contributed by atoms with Gasteiger partial charge in [-0.2, -0.15) is 5.10 Å². The summed E-state index contributed by atoms with van der Waals surface area (Å²) in [5.74, 6) is -0.603. The molecular weight excluding hydrogens is 328 g/mol. The predicted octanol–water partition coefficient (Wildman–Crippen LogP) is 2.34. The Morgan fingerprint density at radius 3 is 2.75 bits per heavy atom. The standard InChI is InChI=1S/C15H16N6O2S/c1-7(2)9-4-11(21-20-9)14(23)19-15-18-12(6-24-15)8-3-10(13(16)22)17-5-8/h3-7,17H,1-2H3,(H2,16,22)(H,20,21)(H,18,19,23). The molecule has 0 atom stereocenters. The highest BCUT2D eigenvalue weighted by Gasteiger charge is 2.15.